The summed E-state index contributed by atoms with van der Waals surface area (Å²) in [5.74, 6) is -0.984. The number of rotatable bonds is 7. The van der Waals surface area contributed by atoms with Crippen LogP contribution in [-0.2, 0) is 9.59 Å². The van der Waals surface area contributed by atoms with Crippen LogP contribution in [0.15, 0.2) is 73.1 Å². The van der Waals surface area contributed by atoms with Gasteiger partial charge in [-0.3, -0.25) is 25.4 Å². The normalized spacial score (nSPS) is 10.2. The number of benzene rings is 2. The van der Waals surface area contributed by atoms with Gasteiger partial charge in [0.1, 0.15) is 11.5 Å². The Balaban J connectivity index is 1.44. The number of amides is 2. The van der Waals surface area contributed by atoms with Crippen molar-refractivity contribution in [3.63, 3.8) is 0 Å². The largest absolute Gasteiger partial charge is 0.484 e. The van der Waals surface area contributed by atoms with E-state index < -0.39 is 17.6 Å². The molecule has 160 valence electrons. The summed E-state index contributed by atoms with van der Waals surface area (Å²) in [5, 5.41) is 8.74. The number of aromatic nitrogens is 1. The molecular formula is C23H17FN4O4. The summed E-state index contributed by atoms with van der Waals surface area (Å²) in [6.45, 7) is -0.334. The molecule has 3 aromatic rings. The number of carbonyl (C=O) groups excluding carboxylic acids is 2. The quantitative estimate of drug-likeness (QED) is 0.438. The fraction of sp³-hybridized carbons (Fsp3) is 0.0435. The summed E-state index contributed by atoms with van der Waals surface area (Å²) >= 11 is 0. The van der Waals surface area contributed by atoms with Crippen molar-refractivity contribution < 1.29 is 23.5 Å². The van der Waals surface area contributed by atoms with Gasteiger partial charge in [-0.1, -0.05) is 6.07 Å². The van der Waals surface area contributed by atoms with Gasteiger partial charge in [-0.05, 0) is 60.2 Å². The lowest BCUT2D eigenvalue weighted by Crippen LogP contribution is -2.43. The monoisotopic (exact) mass is 432 g/mol. The Morgan fingerprint density at radius 1 is 1.09 bits per heavy atom. The maximum atomic E-state index is 14.2. The van der Waals surface area contributed by atoms with Crippen molar-refractivity contribution in [1.82, 2.24) is 15.8 Å². The number of nitriles is 1. The number of ether oxygens (including phenoxy) is 2. The number of nitrogens with one attached hydrogen (secondary N) is 2. The zero-order valence-corrected chi connectivity index (χ0v) is 16.6. The minimum Gasteiger partial charge on any atom is -0.484 e. The molecule has 1 aromatic heterocycles. The lowest BCUT2D eigenvalue weighted by atomic mass is 10.2. The van der Waals surface area contributed by atoms with E-state index in [0.717, 1.165) is 6.08 Å². The number of hydrogen-bond donors (Lipinski definition) is 2. The van der Waals surface area contributed by atoms with Crippen LogP contribution >= 0.6 is 0 Å². The molecule has 1 heterocycles. The molecule has 0 bridgehead atoms. The van der Waals surface area contributed by atoms with Crippen LogP contribution in [0.3, 0.4) is 0 Å². The maximum Gasteiger partial charge on any atom is 0.276 e. The highest BCUT2D eigenvalue weighted by Gasteiger charge is 2.07. The Hall–Kier alpha value is -4.71. The molecule has 8 nitrogen and oxygen atoms in total. The minimum absolute atomic E-state index is 0.0223. The van der Waals surface area contributed by atoms with Crippen LogP contribution in [0.2, 0.25) is 0 Å². The van der Waals surface area contributed by atoms with Crippen LogP contribution in [0.5, 0.6) is 17.2 Å². The fourth-order valence-electron chi connectivity index (χ4n) is 2.39. The lowest BCUT2D eigenvalue weighted by Gasteiger charge is -2.08. The predicted octanol–water partition coefficient (Wildman–Crippen LogP) is 3.12. The molecule has 9 heteroatoms. The van der Waals surface area contributed by atoms with Crippen molar-refractivity contribution in [1.29, 1.82) is 5.26 Å². The second kappa shape index (κ2) is 10.9. The van der Waals surface area contributed by atoms with Crippen LogP contribution in [0.1, 0.15) is 11.1 Å². The van der Waals surface area contributed by atoms with Crippen molar-refractivity contribution in [2.45, 2.75) is 0 Å². The van der Waals surface area contributed by atoms with Gasteiger partial charge < -0.3 is 9.47 Å². The van der Waals surface area contributed by atoms with Crippen molar-refractivity contribution in [2.75, 3.05) is 6.61 Å². The molecule has 3 rings (SSSR count). The Morgan fingerprint density at radius 2 is 1.91 bits per heavy atom. The zero-order valence-electron chi connectivity index (χ0n) is 16.6. The van der Waals surface area contributed by atoms with Crippen LogP contribution in [0.25, 0.3) is 6.08 Å². The summed E-state index contributed by atoms with van der Waals surface area (Å²) < 4.78 is 24.9. The summed E-state index contributed by atoms with van der Waals surface area (Å²) in [7, 11) is 0. The third-order valence-electron chi connectivity index (χ3n) is 3.92. The van der Waals surface area contributed by atoms with Crippen LogP contribution in [-0.4, -0.2) is 23.4 Å². The zero-order chi connectivity index (χ0) is 22.8. The first kappa shape index (κ1) is 22.0. The number of nitrogens with zero attached hydrogens (tertiary/aromatic N) is 2. The van der Waals surface area contributed by atoms with Gasteiger partial charge in [-0.2, -0.15) is 5.26 Å². The summed E-state index contributed by atoms with van der Waals surface area (Å²) in [4.78, 5) is 27.5. The third kappa shape index (κ3) is 6.67. The van der Waals surface area contributed by atoms with E-state index >= 15 is 0 Å². The predicted molar refractivity (Wildman–Crippen MR) is 113 cm³/mol. The average Bonchev–Trinajstić information content (AvgIpc) is 2.82. The molecule has 0 aliphatic heterocycles. The van der Waals surface area contributed by atoms with Crippen molar-refractivity contribution in [2.24, 2.45) is 0 Å². The van der Waals surface area contributed by atoms with E-state index in [-0.39, 0.29) is 12.4 Å². The van der Waals surface area contributed by atoms with Gasteiger partial charge >= 0.3 is 0 Å². The smallest absolute Gasteiger partial charge is 0.276 e. The van der Waals surface area contributed by atoms with Gasteiger partial charge in [0.2, 0.25) is 0 Å². The van der Waals surface area contributed by atoms with Gasteiger partial charge in [0, 0.05) is 12.3 Å². The highest BCUT2D eigenvalue weighted by atomic mass is 19.1. The van der Waals surface area contributed by atoms with E-state index in [0.29, 0.717) is 22.6 Å². The summed E-state index contributed by atoms with van der Waals surface area (Å²) in [6.07, 6.45) is 5.55. The topological polar surface area (TPSA) is 113 Å². The first-order chi connectivity index (χ1) is 15.5. The summed E-state index contributed by atoms with van der Waals surface area (Å²) in [5.41, 5.74) is 5.28. The lowest BCUT2D eigenvalue weighted by molar-refractivity contribution is -0.128. The van der Waals surface area contributed by atoms with E-state index in [4.69, 9.17) is 14.7 Å². The first-order valence-electron chi connectivity index (χ1n) is 9.31. The molecule has 2 amide bonds. The molecule has 0 spiro atoms. The Kier molecular flexibility index (Phi) is 7.48. The Labute approximate surface area is 182 Å². The molecule has 32 heavy (non-hydrogen) atoms. The molecule has 2 aromatic carbocycles. The van der Waals surface area contributed by atoms with Crippen LogP contribution in [0.4, 0.5) is 4.39 Å². The van der Waals surface area contributed by atoms with Crippen LogP contribution < -0.4 is 20.3 Å². The molecule has 0 fully saturated rings. The first-order valence-corrected chi connectivity index (χ1v) is 9.31. The molecule has 0 atom stereocenters. The highest BCUT2D eigenvalue weighted by molar-refractivity contribution is 5.93. The standard InChI is InChI=1S/C23H17FN4O4/c24-20-12-16(5-9-21(20)32-19-2-1-11-26-14-19)6-10-22(29)27-28-23(30)15-31-18-7-3-17(13-25)4-8-18/h1-12,14H,15H2,(H,27,29)(H,28,30)/b10-6+. The molecule has 2 N–H and O–H groups in total. The fourth-order valence-corrected chi connectivity index (χ4v) is 2.39. The van der Waals surface area contributed by atoms with Gasteiger partial charge in [0.05, 0.1) is 17.8 Å². The molecule has 0 aliphatic rings. The van der Waals surface area contributed by atoms with Gasteiger partial charge in [0.25, 0.3) is 11.8 Å². The van der Waals surface area contributed by atoms with E-state index in [1.54, 1.807) is 48.7 Å². The van der Waals surface area contributed by atoms with Crippen molar-refractivity contribution >= 4 is 17.9 Å². The minimum atomic E-state index is -0.618. The SMILES string of the molecule is N#Cc1ccc(OCC(=O)NNC(=O)/C=C/c2ccc(Oc3cccnc3)c(F)c2)cc1. The molecular weight excluding hydrogens is 415 g/mol. The van der Waals surface area contributed by atoms with E-state index in [1.807, 2.05) is 6.07 Å². The molecule has 0 aliphatic carbocycles. The second-order valence-electron chi connectivity index (χ2n) is 6.28. The van der Waals surface area contributed by atoms with E-state index in [9.17, 15) is 14.0 Å². The number of pyridine rings is 1. The molecule has 0 saturated heterocycles. The van der Waals surface area contributed by atoms with E-state index in [2.05, 4.69) is 15.8 Å². The van der Waals surface area contributed by atoms with Crippen molar-refractivity contribution in [3.05, 3.63) is 90.0 Å². The number of carbonyl (C=O) groups is 2. The third-order valence-corrected chi connectivity index (χ3v) is 3.92. The van der Waals surface area contributed by atoms with Crippen molar-refractivity contribution in [3.8, 4) is 23.3 Å². The molecule has 0 saturated carbocycles. The van der Waals surface area contributed by atoms with Gasteiger partial charge in [-0.25, -0.2) is 4.39 Å². The second-order valence-corrected chi connectivity index (χ2v) is 6.28. The maximum absolute atomic E-state index is 14.2. The average molecular weight is 432 g/mol. The van der Waals surface area contributed by atoms with E-state index in [1.165, 1.54) is 24.4 Å². The molecule has 0 unspecified atom stereocenters. The number of hydrogen-bond acceptors (Lipinski definition) is 6. The summed E-state index contributed by atoms with van der Waals surface area (Å²) in [6, 6.07) is 15.7. The Morgan fingerprint density at radius 3 is 2.59 bits per heavy atom. The number of halogens is 1. The number of hydrazine groups is 1. The van der Waals surface area contributed by atoms with Gasteiger partial charge in [-0.15, -0.1) is 0 Å². The van der Waals surface area contributed by atoms with Crippen LogP contribution in [0, 0.1) is 17.1 Å². The Bertz CT molecular complexity index is 1160. The van der Waals surface area contributed by atoms with Gasteiger partial charge in [0.15, 0.2) is 18.2 Å². The molecule has 0 radical (unpaired) electrons. The highest BCUT2D eigenvalue weighted by Crippen LogP contribution is 2.24.